The Morgan fingerprint density at radius 3 is 2.60 bits per heavy atom. The van der Waals surface area contributed by atoms with Crippen LogP contribution in [0.5, 0.6) is 0 Å². The van der Waals surface area contributed by atoms with Gasteiger partial charge in [0.05, 0.1) is 11.0 Å². The van der Waals surface area contributed by atoms with E-state index in [0.717, 1.165) is 27.9 Å². The molecule has 20 heavy (non-hydrogen) atoms. The van der Waals surface area contributed by atoms with E-state index in [1.165, 1.54) is 12.1 Å². The Balaban J connectivity index is 2.11. The minimum atomic E-state index is -0.256. The number of fused-ring (bicyclic) bond motifs is 3. The molecule has 0 unspecified atom stereocenters. The molecule has 0 aliphatic heterocycles. The fraction of sp³-hybridized carbons (Fsp3) is 0. The van der Waals surface area contributed by atoms with Crippen molar-refractivity contribution in [2.75, 3.05) is 0 Å². The monoisotopic (exact) mass is 263 g/mol. The van der Waals surface area contributed by atoms with Gasteiger partial charge in [0.15, 0.2) is 5.65 Å². The summed E-state index contributed by atoms with van der Waals surface area (Å²) in [6, 6.07) is 14.2. The van der Waals surface area contributed by atoms with Gasteiger partial charge in [-0.15, -0.1) is 0 Å². The third-order valence-electron chi connectivity index (χ3n) is 3.34. The summed E-state index contributed by atoms with van der Waals surface area (Å²) in [6.45, 7) is 0. The van der Waals surface area contributed by atoms with Crippen molar-refractivity contribution < 1.29 is 4.39 Å². The van der Waals surface area contributed by atoms with Crippen molar-refractivity contribution in [3.63, 3.8) is 0 Å². The highest BCUT2D eigenvalue weighted by Gasteiger charge is 2.10. The molecule has 4 heteroatoms. The molecule has 2 aromatic heterocycles. The zero-order valence-corrected chi connectivity index (χ0v) is 10.5. The highest BCUT2D eigenvalue weighted by molar-refractivity contribution is 5.85. The average molecular weight is 263 g/mol. The summed E-state index contributed by atoms with van der Waals surface area (Å²) in [7, 11) is 0. The predicted molar refractivity (Wildman–Crippen MR) is 75.9 cm³/mol. The molecule has 3 nitrogen and oxygen atoms in total. The number of hydrogen-bond acceptors (Lipinski definition) is 2. The van der Waals surface area contributed by atoms with Gasteiger partial charge in [-0.05, 0) is 36.4 Å². The first-order valence-corrected chi connectivity index (χ1v) is 6.31. The molecule has 0 N–H and O–H groups in total. The molecule has 0 saturated carbocycles. The summed E-state index contributed by atoms with van der Waals surface area (Å²) in [5.74, 6) is -0.256. The van der Waals surface area contributed by atoms with Crippen LogP contribution in [0.2, 0.25) is 0 Å². The normalized spacial score (nSPS) is 11.2. The van der Waals surface area contributed by atoms with Gasteiger partial charge in [-0.2, -0.15) is 0 Å². The van der Waals surface area contributed by atoms with Crippen LogP contribution in [-0.4, -0.2) is 14.4 Å². The van der Waals surface area contributed by atoms with Crippen LogP contribution in [0.1, 0.15) is 0 Å². The van der Waals surface area contributed by atoms with Crippen molar-refractivity contribution in [3.8, 4) is 11.3 Å². The van der Waals surface area contributed by atoms with Gasteiger partial charge in [-0.1, -0.05) is 12.1 Å². The molecule has 2 heterocycles. The second-order valence-corrected chi connectivity index (χ2v) is 4.58. The lowest BCUT2D eigenvalue weighted by Crippen LogP contribution is -1.95. The van der Waals surface area contributed by atoms with Crippen LogP contribution < -0.4 is 0 Å². The number of imidazole rings is 1. The molecule has 0 atom stereocenters. The first-order chi connectivity index (χ1) is 9.83. The van der Waals surface area contributed by atoms with E-state index in [2.05, 4.69) is 9.97 Å². The second-order valence-electron chi connectivity index (χ2n) is 4.58. The van der Waals surface area contributed by atoms with E-state index >= 15 is 0 Å². The second kappa shape index (κ2) is 4.13. The Hall–Kier alpha value is -2.75. The summed E-state index contributed by atoms with van der Waals surface area (Å²) < 4.78 is 15.1. The maximum atomic E-state index is 13.1. The van der Waals surface area contributed by atoms with Gasteiger partial charge in [0, 0.05) is 18.0 Å². The zero-order valence-electron chi connectivity index (χ0n) is 10.5. The van der Waals surface area contributed by atoms with E-state index in [9.17, 15) is 4.39 Å². The third-order valence-corrected chi connectivity index (χ3v) is 3.34. The van der Waals surface area contributed by atoms with Crippen molar-refractivity contribution in [2.45, 2.75) is 0 Å². The number of aromatic nitrogens is 3. The third kappa shape index (κ3) is 1.58. The van der Waals surface area contributed by atoms with Crippen LogP contribution in [-0.2, 0) is 0 Å². The first kappa shape index (κ1) is 11.1. The van der Waals surface area contributed by atoms with E-state index in [1.54, 1.807) is 18.3 Å². The summed E-state index contributed by atoms with van der Waals surface area (Å²) >= 11 is 0. The molecular formula is C16H10FN3. The van der Waals surface area contributed by atoms with Crippen molar-refractivity contribution in [2.24, 2.45) is 0 Å². The van der Waals surface area contributed by atoms with Gasteiger partial charge in [-0.3, -0.25) is 4.40 Å². The number of rotatable bonds is 1. The van der Waals surface area contributed by atoms with E-state index in [-0.39, 0.29) is 5.82 Å². The van der Waals surface area contributed by atoms with E-state index in [0.29, 0.717) is 0 Å². The Kier molecular flexibility index (Phi) is 2.29. The smallest absolute Gasteiger partial charge is 0.163 e. The number of benzene rings is 2. The molecular weight excluding hydrogens is 253 g/mol. The lowest BCUT2D eigenvalue weighted by Gasteiger charge is -2.07. The molecule has 0 fully saturated rings. The number of hydrogen-bond donors (Lipinski definition) is 0. The van der Waals surface area contributed by atoms with Crippen molar-refractivity contribution >= 4 is 16.7 Å². The number of para-hydroxylation sites is 2. The molecule has 0 amide bonds. The van der Waals surface area contributed by atoms with Crippen LogP contribution in [0.25, 0.3) is 27.9 Å². The van der Waals surface area contributed by atoms with E-state index in [1.807, 2.05) is 34.9 Å². The largest absolute Gasteiger partial charge is 0.296 e. The Morgan fingerprint density at radius 2 is 1.75 bits per heavy atom. The maximum absolute atomic E-state index is 13.1. The summed E-state index contributed by atoms with van der Waals surface area (Å²) in [5.41, 5.74) is 4.28. The van der Waals surface area contributed by atoms with Gasteiger partial charge in [0.2, 0.25) is 0 Å². The quantitative estimate of drug-likeness (QED) is 0.524. The first-order valence-electron chi connectivity index (χ1n) is 6.31. The predicted octanol–water partition coefficient (Wildman–Crippen LogP) is 3.69. The standard InChI is InChI=1S/C16H10FN3/c17-12-7-5-11(6-8-12)15-16-18-9-10-20(16)14-4-2-1-3-13(14)19-15/h1-10H. The van der Waals surface area contributed by atoms with Crippen molar-refractivity contribution in [3.05, 3.63) is 66.7 Å². The maximum Gasteiger partial charge on any atom is 0.163 e. The highest BCUT2D eigenvalue weighted by Crippen LogP contribution is 2.25. The van der Waals surface area contributed by atoms with Crippen LogP contribution in [0.3, 0.4) is 0 Å². The van der Waals surface area contributed by atoms with E-state index in [4.69, 9.17) is 0 Å². The molecule has 0 aliphatic carbocycles. The number of nitrogens with zero attached hydrogens (tertiary/aromatic N) is 3. The molecule has 4 rings (SSSR count). The highest BCUT2D eigenvalue weighted by atomic mass is 19.1. The van der Waals surface area contributed by atoms with Gasteiger partial charge in [0.1, 0.15) is 11.5 Å². The van der Waals surface area contributed by atoms with Crippen LogP contribution in [0.4, 0.5) is 4.39 Å². The molecule has 0 spiro atoms. The molecule has 96 valence electrons. The molecule has 0 saturated heterocycles. The van der Waals surface area contributed by atoms with Gasteiger partial charge in [-0.25, -0.2) is 14.4 Å². The Labute approximate surface area is 114 Å². The summed E-state index contributed by atoms with van der Waals surface area (Å²) in [6.07, 6.45) is 3.66. The number of halogens is 1. The summed E-state index contributed by atoms with van der Waals surface area (Å²) in [5, 5.41) is 0. The lowest BCUT2D eigenvalue weighted by molar-refractivity contribution is 0.628. The van der Waals surface area contributed by atoms with E-state index < -0.39 is 0 Å². The molecule has 0 aliphatic rings. The average Bonchev–Trinajstić information content (AvgIpc) is 2.97. The van der Waals surface area contributed by atoms with Crippen LogP contribution in [0, 0.1) is 5.82 Å². The van der Waals surface area contributed by atoms with Gasteiger partial charge in [0.25, 0.3) is 0 Å². The van der Waals surface area contributed by atoms with Gasteiger partial charge >= 0.3 is 0 Å². The van der Waals surface area contributed by atoms with Crippen LogP contribution >= 0.6 is 0 Å². The van der Waals surface area contributed by atoms with Crippen LogP contribution in [0.15, 0.2) is 60.9 Å². The van der Waals surface area contributed by atoms with Crippen molar-refractivity contribution in [1.29, 1.82) is 0 Å². The molecule has 0 radical (unpaired) electrons. The Morgan fingerprint density at radius 1 is 0.950 bits per heavy atom. The summed E-state index contributed by atoms with van der Waals surface area (Å²) in [4.78, 5) is 9.04. The minimum Gasteiger partial charge on any atom is -0.296 e. The fourth-order valence-electron chi connectivity index (χ4n) is 2.41. The topological polar surface area (TPSA) is 30.2 Å². The lowest BCUT2D eigenvalue weighted by atomic mass is 10.1. The molecule has 4 aromatic rings. The Bertz CT molecular complexity index is 910. The zero-order chi connectivity index (χ0) is 13.5. The minimum absolute atomic E-state index is 0.256. The van der Waals surface area contributed by atoms with Crippen molar-refractivity contribution in [1.82, 2.24) is 14.4 Å². The fourth-order valence-corrected chi connectivity index (χ4v) is 2.41. The SMILES string of the molecule is Fc1ccc(-c2nc3ccccc3n3ccnc23)cc1. The molecule has 0 bridgehead atoms. The van der Waals surface area contributed by atoms with Gasteiger partial charge < -0.3 is 0 Å². The molecule has 2 aromatic carbocycles.